The summed E-state index contributed by atoms with van der Waals surface area (Å²) in [7, 11) is 0. The third-order valence-corrected chi connectivity index (χ3v) is 2.79. The van der Waals surface area contributed by atoms with E-state index in [0.29, 0.717) is 6.04 Å². The first-order chi connectivity index (χ1) is 7.16. The number of benzene rings is 1. The summed E-state index contributed by atoms with van der Waals surface area (Å²) in [5.74, 6) is -0.912. The quantitative estimate of drug-likeness (QED) is 0.706. The second-order valence-electron chi connectivity index (χ2n) is 3.87. The van der Waals surface area contributed by atoms with Crippen LogP contribution in [-0.2, 0) is 11.2 Å². The highest BCUT2D eigenvalue weighted by Gasteiger charge is 2.21. The van der Waals surface area contributed by atoms with Crippen LogP contribution in [0.15, 0.2) is 24.3 Å². The van der Waals surface area contributed by atoms with Crippen molar-refractivity contribution in [2.45, 2.75) is 18.9 Å². The smallest absolute Gasteiger partial charge is 0.328 e. The zero-order valence-corrected chi connectivity index (χ0v) is 8.44. The minimum Gasteiger partial charge on any atom is -0.478 e. The van der Waals surface area contributed by atoms with Crippen LogP contribution in [0.25, 0.3) is 6.08 Å². The average molecular weight is 204 g/mol. The van der Waals surface area contributed by atoms with Crippen molar-refractivity contribution in [3.05, 3.63) is 41.0 Å². The first-order valence-electron chi connectivity index (χ1n) is 5.04. The Morgan fingerprint density at radius 1 is 1.53 bits per heavy atom. The van der Waals surface area contributed by atoms with Gasteiger partial charge in [-0.3, -0.25) is 0 Å². The summed E-state index contributed by atoms with van der Waals surface area (Å²) in [4.78, 5) is 10.4. The molecule has 0 aromatic heterocycles. The molecular weight excluding hydrogens is 190 g/mol. The van der Waals surface area contributed by atoms with Gasteiger partial charge in [0.1, 0.15) is 6.04 Å². The summed E-state index contributed by atoms with van der Waals surface area (Å²) in [6.07, 6.45) is 4.94. The van der Waals surface area contributed by atoms with Crippen molar-refractivity contribution in [2.24, 2.45) is 0 Å². The lowest BCUT2D eigenvalue weighted by molar-refractivity contribution is -0.425. The van der Waals surface area contributed by atoms with E-state index in [4.69, 9.17) is 5.11 Å². The first kappa shape index (κ1) is 9.93. The van der Waals surface area contributed by atoms with Gasteiger partial charge < -0.3 is 10.8 Å². The monoisotopic (exact) mass is 204 g/mol. The second-order valence-corrected chi connectivity index (χ2v) is 3.87. The fourth-order valence-electron chi connectivity index (χ4n) is 2.00. The van der Waals surface area contributed by atoms with Crippen molar-refractivity contribution in [3.8, 4) is 0 Å². The molecule has 4 N–H and O–H groups in total. The van der Waals surface area contributed by atoms with Gasteiger partial charge in [-0.2, -0.15) is 0 Å². The number of quaternary nitrogens is 1. The van der Waals surface area contributed by atoms with Gasteiger partial charge in [0.05, 0.1) is 0 Å². The molecule has 0 bridgehead atoms. The van der Waals surface area contributed by atoms with Crippen LogP contribution in [-0.4, -0.2) is 11.1 Å². The van der Waals surface area contributed by atoms with Crippen LogP contribution in [0.1, 0.15) is 29.2 Å². The van der Waals surface area contributed by atoms with Gasteiger partial charge >= 0.3 is 5.97 Å². The number of carbonyl (C=O) groups is 1. The third-order valence-electron chi connectivity index (χ3n) is 2.79. The molecule has 1 atom stereocenters. The zero-order valence-electron chi connectivity index (χ0n) is 8.44. The van der Waals surface area contributed by atoms with Gasteiger partial charge in [0.2, 0.25) is 0 Å². The number of carboxylic acids is 1. The van der Waals surface area contributed by atoms with E-state index in [-0.39, 0.29) is 0 Å². The number of aryl methyl sites for hydroxylation is 1. The van der Waals surface area contributed by atoms with Gasteiger partial charge in [0, 0.05) is 18.1 Å². The molecule has 15 heavy (non-hydrogen) atoms. The fourth-order valence-corrected chi connectivity index (χ4v) is 2.00. The molecule has 0 amide bonds. The predicted octanol–water partition coefficient (Wildman–Crippen LogP) is 1.01. The van der Waals surface area contributed by atoms with E-state index in [0.717, 1.165) is 18.4 Å². The van der Waals surface area contributed by atoms with Crippen LogP contribution in [0.2, 0.25) is 0 Å². The Bertz CT molecular complexity index is 424. The van der Waals surface area contributed by atoms with E-state index >= 15 is 0 Å². The molecular formula is C12H14NO2+. The Hall–Kier alpha value is -1.61. The summed E-state index contributed by atoms with van der Waals surface area (Å²) in [6.45, 7) is 0. The van der Waals surface area contributed by atoms with E-state index in [9.17, 15) is 4.79 Å². The summed E-state index contributed by atoms with van der Waals surface area (Å²) >= 11 is 0. The van der Waals surface area contributed by atoms with Crippen molar-refractivity contribution < 1.29 is 15.6 Å². The number of fused-ring (bicyclic) bond motifs is 1. The van der Waals surface area contributed by atoms with E-state index in [1.54, 1.807) is 6.08 Å². The summed E-state index contributed by atoms with van der Waals surface area (Å²) in [5, 5.41) is 8.51. The van der Waals surface area contributed by atoms with Crippen molar-refractivity contribution in [2.75, 3.05) is 0 Å². The SMILES string of the molecule is [NH3+]C1CCc2cc(/C=C/C(=O)O)ccc21. The van der Waals surface area contributed by atoms with Gasteiger partial charge in [-0.05, 0) is 23.6 Å². The van der Waals surface area contributed by atoms with Gasteiger partial charge in [0.15, 0.2) is 0 Å². The number of carboxylic acid groups (broad SMARTS) is 1. The first-order valence-corrected chi connectivity index (χ1v) is 5.04. The van der Waals surface area contributed by atoms with Gasteiger partial charge in [-0.25, -0.2) is 4.79 Å². The Morgan fingerprint density at radius 3 is 3.07 bits per heavy atom. The molecule has 3 nitrogen and oxygen atoms in total. The molecule has 2 rings (SSSR count). The van der Waals surface area contributed by atoms with Crippen LogP contribution in [0, 0.1) is 0 Å². The van der Waals surface area contributed by atoms with Crippen LogP contribution < -0.4 is 5.73 Å². The number of hydrogen-bond donors (Lipinski definition) is 2. The van der Waals surface area contributed by atoms with Crippen LogP contribution in [0.3, 0.4) is 0 Å². The molecule has 0 aliphatic heterocycles. The molecule has 1 aromatic rings. The molecule has 0 heterocycles. The largest absolute Gasteiger partial charge is 0.478 e. The molecule has 1 aliphatic carbocycles. The number of hydrogen-bond acceptors (Lipinski definition) is 1. The number of aliphatic carboxylic acids is 1. The van der Waals surface area contributed by atoms with Gasteiger partial charge in [-0.1, -0.05) is 18.2 Å². The third kappa shape index (κ3) is 2.07. The standard InChI is InChI=1S/C12H13NO2/c13-11-5-3-9-7-8(1-4-10(9)11)2-6-12(14)15/h1-2,4,6-7,11H,3,5,13H2,(H,14,15)/p+1/b6-2+. The maximum Gasteiger partial charge on any atom is 0.328 e. The highest BCUT2D eigenvalue weighted by Crippen LogP contribution is 2.28. The Morgan fingerprint density at radius 2 is 2.33 bits per heavy atom. The second kappa shape index (κ2) is 3.87. The maximum absolute atomic E-state index is 10.4. The minimum atomic E-state index is -0.912. The van der Waals surface area contributed by atoms with Crippen molar-refractivity contribution in [1.29, 1.82) is 0 Å². The van der Waals surface area contributed by atoms with Crippen LogP contribution in [0.4, 0.5) is 0 Å². The molecule has 0 saturated heterocycles. The van der Waals surface area contributed by atoms with E-state index in [2.05, 4.69) is 17.9 Å². The fraction of sp³-hybridized carbons (Fsp3) is 0.250. The van der Waals surface area contributed by atoms with Crippen LogP contribution >= 0.6 is 0 Å². The molecule has 1 aromatic carbocycles. The molecule has 1 aliphatic rings. The van der Waals surface area contributed by atoms with Crippen molar-refractivity contribution in [1.82, 2.24) is 0 Å². The summed E-state index contributed by atoms with van der Waals surface area (Å²) in [5.41, 5.74) is 7.64. The molecule has 0 radical (unpaired) electrons. The van der Waals surface area contributed by atoms with E-state index in [1.807, 2.05) is 6.07 Å². The maximum atomic E-state index is 10.4. The Kier molecular flexibility index (Phi) is 2.56. The molecule has 1 unspecified atom stereocenters. The zero-order chi connectivity index (χ0) is 10.8. The van der Waals surface area contributed by atoms with Crippen LogP contribution in [0.5, 0.6) is 0 Å². The summed E-state index contributed by atoms with van der Waals surface area (Å²) < 4.78 is 0. The molecule has 78 valence electrons. The highest BCUT2D eigenvalue weighted by atomic mass is 16.4. The summed E-state index contributed by atoms with van der Waals surface area (Å²) in [6, 6.07) is 6.46. The van der Waals surface area contributed by atoms with Gasteiger partial charge in [-0.15, -0.1) is 0 Å². The lowest BCUT2D eigenvalue weighted by atomic mass is 10.0. The highest BCUT2D eigenvalue weighted by molar-refractivity contribution is 5.85. The lowest BCUT2D eigenvalue weighted by Crippen LogP contribution is -2.52. The van der Waals surface area contributed by atoms with Crippen molar-refractivity contribution >= 4 is 12.0 Å². The average Bonchev–Trinajstić information content (AvgIpc) is 2.57. The van der Waals surface area contributed by atoms with Gasteiger partial charge in [0.25, 0.3) is 0 Å². The van der Waals surface area contributed by atoms with E-state index < -0.39 is 5.97 Å². The lowest BCUT2D eigenvalue weighted by Gasteiger charge is -2.02. The Balaban J connectivity index is 2.27. The molecule has 0 saturated carbocycles. The topological polar surface area (TPSA) is 64.9 Å². The van der Waals surface area contributed by atoms with Crippen molar-refractivity contribution in [3.63, 3.8) is 0 Å². The Labute approximate surface area is 88.2 Å². The normalized spacial score (nSPS) is 19.4. The minimum absolute atomic E-state index is 0.400. The molecule has 0 spiro atoms. The number of rotatable bonds is 2. The molecule has 3 heteroatoms. The van der Waals surface area contributed by atoms with E-state index in [1.165, 1.54) is 17.2 Å². The predicted molar refractivity (Wildman–Crippen MR) is 57.1 cm³/mol. The molecule has 0 fully saturated rings.